The van der Waals surface area contributed by atoms with E-state index in [4.69, 9.17) is 11.6 Å². The quantitative estimate of drug-likeness (QED) is 0.480. The lowest BCUT2D eigenvalue weighted by Crippen LogP contribution is -2.07. The summed E-state index contributed by atoms with van der Waals surface area (Å²) in [5.41, 5.74) is 1.31. The van der Waals surface area contributed by atoms with Gasteiger partial charge in [-0.15, -0.1) is 22.9 Å². The molecule has 0 saturated heterocycles. The van der Waals surface area contributed by atoms with Crippen LogP contribution in [0.15, 0.2) is 28.1 Å². The molecule has 1 aromatic carbocycles. The van der Waals surface area contributed by atoms with Gasteiger partial charge in [-0.3, -0.25) is 0 Å². The van der Waals surface area contributed by atoms with E-state index in [0.29, 0.717) is 5.92 Å². The van der Waals surface area contributed by atoms with Crippen LogP contribution in [-0.2, 0) is 0 Å². The number of thiophene rings is 1. The number of hydrogen-bond acceptors (Lipinski definition) is 1. The highest BCUT2D eigenvalue weighted by Crippen LogP contribution is 2.42. The van der Waals surface area contributed by atoms with Gasteiger partial charge in [-0.1, -0.05) is 38.8 Å². The summed E-state index contributed by atoms with van der Waals surface area (Å²) >= 11 is 12.2. The molecule has 0 radical (unpaired) electrons. The van der Waals surface area contributed by atoms with E-state index in [9.17, 15) is 0 Å². The molecule has 104 valence electrons. The van der Waals surface area contributed by atoms with Gasteiger partial charge in [-0.05, 0) is 57.1 Å². The monoisotopic (exact) mass is 358 g/mol. The standard InChI is InChI=1S/C16H20BrClS/c1-3-6-11(7-4-2)15(18)13-10-19-16-12(13)8-5-9-14(16)17/h5,8-11,15H,3-4,6-7H2,1-2H3. The van der Waals surface area contributed by atoms with E-state index in [1.807, 2.05) is 0 Å². The fraction of sp³-hybridized carbons (Fsp3) is 0.500. The minimum Gasteiger partial charge on any atom is -0.142 e. The molecule has 1 aromatic heterocycles. The van der Waals surface area contributed by atoms with Crippen molar-refractivity contribution in [3.8, 4) is 0 Å². The molecule has 0 aliphatic heterocycles. The Bertz CT molecular complexity index is 529. The van der Waals surface area contributed by atoms with Crippen molar-refractivity contribution in [3.63, 3.8) is 0 Å². The largest absolute Gasteiger partial charge is 0.142 e. The average Bonchev–Trinajstić information content (AvgIpc) is 2.83. The van der Waals surface area contributed by atoms with Crippen LogP contribution < -0.4 is 0 Å². The zero-order chi connectivity index (χ0) is 13.8. The maximum Gasteiger partial charge on any atom is 0.0627 e. The lowest BCUT2D eigenvalue weighted by atomic mass is 9.90. The Balaban J connectivity index is 2.34. The van der Waals surface area contributed by atoms with E-state index in [1.54, 1.807) is 11.3 Å². The smallest absolute Gasteiger partial charge is 0.0627 e. The van der Waals surface area contributed by atoms with Crippen LogP contribution in [0.4, 0.5) is 0 Å². The molecule has 0 nitrogen and oxygen atoms in total. The Morgan fingerprint density at radius 2 is 1.89 bits per heavy atom. The third-order valence-corrected chi connectivity index (χ3v) is 6.17. The highest BCUT2D eigenvalue weighted by molar-refractivity contribution is 9.10. The van der Waals surface area contributed by atoms with Crippen molar-refractivity contribution in [2.75, 3.05) is 0 Å². The maximum atomic E-state index is 6.79. The third kappa shape index (κ3) is 3.34. The molecular weight excluding hydrogens is 340 g/mol. The predicted octanol–water partition coefficient (Wildman–Crippen LogP) is 7.16. The number of halogens is 2. The second-order valence-electron chi connectivity index (χ2n) is 5.05. The van der Waals surface area contributed by atoms with Crippen molar-refractivity contribution in [1.29, 1.82) is 0 Å². The van der Waals surface area contributed by atoms with Crippen molar-refractivity contribution < 1.29 is 0 Å². The summed E-state index contributed by atoms with van der Waals surface area (Å²) in [6.07, 6.45) is 4.85. The van der Waals surface area contributed by atoms with Gasteiger partial charge in [0.25, 0.3) is 0 Å². The van der Waals surface area contributed by atoms with Crippen LogP contribution in [0, 0.1) is 5.92 Å². The highest BCUT2D eigenvalue weighted by Gasteiger charge is 2.22. The van der Waals surface area contributed by atoms with E-state index in [1.165, 1.54) is 45.8 Å². The number of alkyl halides is 1. The molecule has 19 heavy (non-hydrogen) atoms. The van der Waals surface area contributed by atoms with E-state index in [-0.39, 0.29) is 5.38 Å². The first kappa shape index (κ1) is 15.3. The highest BCUT2D eigenvalue weighted by atomic mass is 79.9. The topological polar surface area (TPSA) is 0 Å². The molecule has 1 heterocycles. The van der Waals surface area contributed by atoms with Crippen LogP contribution in [0.3, 0.4) is 0 Å². The molecule has 2 rings (SSSR count). The summed E-state index contributed by atoms with van der Waals surface area (Å²) in [6.45, 7) is 4.49. The van der Waals surface area contributed by atoms with E-state index >= 15 is 0 Å². The number of fused-ring (bicyclic) bond motifs is 1. The van der Waals surface area contributed by atoms with Crippen LogP contribution in [0.2, 0.25) is 0 Å². The van der Waals surface area contributed by atoms with Crippen LogP contribution in [0.1, 0.15) is 50.5 Å². The van der Waals surface area contributed by atoms with Crippen molar-refractivity contribution in [3.05, 3.63) is 33.6 Å². The lowest BCUT2D eigenvalue weighted by molar-refractivity contribution is 0.428. The van der Waals surface area contributed by atoms with Crippen LogP contribution >= 0.6 is 38.9 Å². The Kier molecular flexibility index (Phi) is 5.73. The van der Waals surface area contributed by atoms with Gasteiger partial charge in [0, 0.05) is 9.17 Å². The van der Waals surface area contributed by atoms with E-state index in [0.717, 1.165) is 0 Å². The Hall–Kier alpha value is -0.0500. The Morgan fingerprint density at radius 3 is 2.53 bits per heavy atom. The number of rotatable bonds is 6. The Labute approximate surface area is 133 Å². The number of hydrogen-bond donors (Lipinski definition) is 0. The second kappa shape index (κ2) is 7.10. The zero-order valence-corrected chi connectivity index (χ0v) is 14.6. The van der Waals surface area contributed by atoms with E-state index < -0.39 is 0 Å². The van der Waals surface area contributed by atoms with Crippen molar-refractivity contribution in [1.82, 2.24) is 0 Å². The first-order chi connectivity index (χ1) is 9.19. The van der Waals surface area contributed by atoms with Crippen molar-refractivity contribution in [2.24, 2.45) is 5.92 Å². The molecule has 0 amide bonds. The number of benzene rings is 1. The average molecular weight is 360 g/mol. The summed E-state index contributed by atoms with van der Waals surface area (Å²) in [4.78, 5) is 0. The molecule has 0 N–H and O–H groups in total. The molecule has 0 spiro atoms. The maximum absolute atomic E-state index is 6.79. The van der Waals surface area contributed by atoms with Crippen LogP contribution in [0.25, 0.3) is 10.1 Å². The first-order valence-electron chi connectivity index (χ1n) is 6.98. The van der Waals surface area contributed by atoms with Crippen molar-refractivity contribution >= 4 is 49.0 Å². The minimum atomic E-state index is 0.142. The van der Waals surface area contributed by atoms with Crippen LogP contribution in [-0.4, -0.2) is 0 Å². The Morgan fingerprint density at radius 1 is 1.21 bits per heavy atom. The second-order valence-corrected chi connectivity index (χ2v) is 7.25. The molecule has 0 fully saturated rings. The molecule has 1 atom stereocenters. The molecule has 2 aromatic rings. The first-order valence-corrected chi connectivity index (χ1v) is 9.09. The summed E-state index contributed by atoms with van der Waals surface area (Å²) < 4.78 is 2.49. The van der Waals surface area contributed by atoms with Gasteiger partial charge in [0.05, 0.1) is 5.38 Å². The van der Waals surface area contributed by atoms with Gasteiger partial charge in [-0.2, -0.15) is 0 Å². The molecule has 1 unspecified atom stereocenters. The fourth-order valence-corrected chi connectivity index (χ4v) is 4.85. The van der Waals surface area contributed by atoms with Gasteiger partial charge in [0.2, 0.25) is 0 Å². The molecule has 0 aliphatic rings. The van der Waals surface area contributed by atoms with E-state index in [2.05, 4.69) is 53.4 Å². The van der Waals surface area contributed by atoms with Crippen molar-refractivity contribution in [2.45, 2.75) is 44.9 Å². The zero-order valence-electron chi connectivity index (χ0n) is 11.5. The van der Waals surface area contributed by atoms with Gasteiger partial charge >= 0.3 is 0 Å². The summed E-state index contributed by atoms with van der Waals surface area (Å²) in [6, 6.07) is 6.39. The van der Waals surface area contributed by atoms with Gasteiger partial charge in [0.15, 0.2) is 0 Å². The molecule has 0 saturated carbocycles. The summed E-state index contributed by atoms with van der Waals surface area (Å²) in [5.74, 6) is 0.591. The molecule has 3 heteroatoms. The van der Waals surface area contributed by atoms with Gasteiger partial charge < -0.3 is 0 Å². The predicted molar refractivity (Wildman–Crippen MR) is 91.4 cm³/mol. The summed E-state index contributed by atoms with van der Waals surface area (Å²) in [5, 5.41) is 3.70. The fourth-order valence-electron chi connectivity index (χ4n) is 2.69. The molecule has 0 bridgehead atoms. The third-order valence-electron chi connectivity index (χ3n) is 3.61. The summed E-state index contributed by atoms with van der Waals surface area (Å²) in [7, 11) is 0. The van der Waals surface area contributed by atoms with Crippen LogP contribution in [0.5, 0.6) is 0 Å². The normalized spacial score (nSPS) is 13.3. The minimum absolute atomic E-state index is 0.142. The SMILES string of the molecule is CCCC(CCC)C(Cl)c1csc2c(Br)cccc12. The lowest BCUT2D eigenvalue weighted by Gasteiger charge is -2.21. The molecular formula is C16H20BrClS. The molecule has 0 aliphatic carbocycles. The van der Waals surface area contributed by atoms with Gasteiger partial charge in [-0.25, -0.2) is 0 Å². The van der Waals surface area contributed by atoms with Gasteiger partial charge in [0.1, 0.15) is 0 Å².